The van der Waals surface area contributed by atoms with Gasteiger partial charge in [-0.2, -0.15) is 0 Å². The summed E-state index contributed by atoms with van der Waals surface area (Å²) in [6.45, 7) is 15.0. The van der Waals surface area contributed by atoms with E-state index in [-0.39, 0.29) is 0 Å². The minimum Gasteiger partial charge on any atom is -0.248 e. The maximum absolute atomic E-state index is 5.77. The zero-order valence-electron chi connectivity index (χ0n) is 7.82. The zero-order valence-corrected chi connectivity index (χ0v) is 8.64. The van der Waals surface area contributed by atoms with Crippen LogP contribution in [0.2, 0.25) is 0 Å². The predicted molar refractivity (Wildman–Crippen MR) is 56.3 cm³/mol. The summed E-state index contributed by atoms with van der Waals surface area (Å²) in [7, 11) is 0. The van der Waals surface area contributed by atoms with Crippen molar-refractivity contribution >= 4 is 17.4 Å². The molecule has 64 valence electrons. The second-order valence-corrected chi connectivity index (χ2v) is 2.72. The number of thiocarbonyl (C=S) groups is 1. The summed E-state index contributed by atoms with van der Waals surface area (Å²) in [5.41, 5.74) is 2.33. The normalized spacial score (nSPS) is 5.45. The van der Waals surface area contributed by atoms with Gasteiger partial charge in [0, 0.05) is 0 Å². The molecule has 0 radical (unpaired) electrons. The average Bonchev–Trinajstić information content (AvgIpc) is 1.60. The molecule has 0 rings (SSSR count). The molecule has 0 bridgehead atoms. The Balaban J connectivity index is -0.0000000886. The molecular formula is C9H17NS. The Kier molecular flexibility index (Phi) is 24.5. The van der Waals surface area contributed by atoms with Gasteiger partial charge in [0.1, 0.15) is 0 Å². The molecule has 11 heavy (non-hydrogen) atoms. The fourth-order valence-corrected chi connectivity index (χ4v) is 0. The lowest BCUT2D eigenvalue weighted by Gasteiger charge is -1.65. The third-order valence-corrected chi connectivity index (χ3v) is 0. The Morgan fingerprint density at radius 1 is 1.09 bits per heavy atom. The number of hydrogen-bond acceptors (Lipinski definition) is 2. The molecule has 0 fully saturated rings. The van der Waals surface area contributed by atoms with E-state index in [1.807, 2.05) is 27.7 Å². The van der Waals surface area contributed by atoms with E-state index in [0.717, 1.165) is 0 Å². The maximum Gasteiger partial charge on any atom is 0.0554 e. The van der Waals surface area contributed by atoms with Gasteiger partial charge in [0.25, 0.3) is 0 Å². The van der Waals surface area contributed by atoms with Gasteiger partial charge in [-0.15, -0.1) is 13.2 Å². The van der Waals surface area contributed by atoms with Crippen molar-refractivity contribution in [2.24, 2.45) is 0 Å². The van der Waals surface area contributed by atoms with Crippen molar-refractivity contribution in [2.45, 2.75) is 27.7 Å². The van der Waals surface area contributed by atoms with Crippen LogP contribution in [0.5, 0.6) is 0 Å². The minimum absolute atomic E-state index is 1.17. The van der Waals surface area contributed by atoms with Crippen molar-refractivity contribution in [3.8, 4) is 0 Å². The molecular weight excluding hydrogens is 154 g/mol. The summed E-state index contributed by atoms with van der Waals surface area (Å²) in [6, 6.07) is 0. The van der Waals surface area contributed by atoms with Gasteiger partial charge in [-0.25, -0.2) is 5.41 Å². The molecule has 0 saturated carbocycles. The van der Waals surface area contributed by atoms with Crippen molar-refractivity contribution in [1.82, 2.24) is 0 Å². The average molecular weight is 171 g/mol. The first-order chi connectivity index (χ1) is 4.88. The van der Waals surface area contributed by atoms with Crippen molar-refractivity contribution in [1.29, 1.82) is 5.41 Å². The monoisotopic (exact) mass is 171 g/mol. The highest BCUT2D eigenvalue weighted by molar-refractivity contribution is 7.78. The van der Waals surface area contributed by atoms with Crippen LogP contribution in [0.15, 0.2) is 24.3 Å². The van der Waals surface area contributed by atoms with E-state index in [0.29, 0.717) is 0 Å². The van der Waals surface area contributed by atoms with Gasteiger partial charge in [0.2, 0.25) is 0 Å². The van der Waals surface area contributed by atoms with Crippen LogP contribution in [-0.2, 0) is 0 Å². The first kappa shape index (κ1) is 16.7. The molecule has 0 aliphatic carbocycles. The lowest BCUT2D eigenvalue weighted by Crippen LogP contribution is -1.43. The molecule has 1 nitrogen and oxygen atoms in total. The van der Waals surface area contributed by atoms with Gasteiger partial charge in [-0.1, -0.05) is 11.1 Å². The van der Waals surface area contributed by atoms with Crippen molar-refractivity contribution in [3.63, 3.8) is 0 Å². The smallest absolute Gasteiger partial charge is 0.0554 e. The first-order valence-electron chi connectivity index (χ1n) is 3.16. The Morgan fingerprint density at radius 2 is 1.09 bits per heavy atom. The third kappa shape index (κ3) is 949. The van der Waals surface area contributed by atoms with E-state index < -0.39 is 0 Å². The van der Waals surface area contributed by atoms with Crippen molar-refractivity contribution in [3.05, 3.63) is 24.3 Å². The Morgan fingerprint density at radius 3 is 1.09 bits per heavy atom. The number of rotatable bonds is 0. The summed E-state index contributed by atoms with van der Waals surface area (Å²) < 4.78 is 0. The lowest BCUT2D eigenvalue weighted by atomic mass is 10.4. The maximum atomic E-state index is 5.77. The molecule has 2 heteroatoms. The summed E-state index contributed by atoms with van der Waals surface area (Å²) >= 11 is 3.81. The molecule has 0 aromatic carbocycles. The second kappa shape index (κ2) is 16.1. The van der Waals surface area contributed by atoms with Crippen LogP contribution in [0, 0.1) is 5.41 Å². The molecule has 0 atom stereocenters. The highest BCUT2D eigenvalue weighted by Crippen LogP contribution is 1.74. The highest BCUT2D eigenvalue weighted by Gasteiger charge is 1.52. The Hall–Kier alpha value is -0.720. The first-order valence-corrected chi connectivity index (χ1v) is 3.57. The molecule has 0 unspecified atom stereocenters. The van der Waals surface area contributed by atoms with E-state index >= 15 is 0 Å². The molecule has 0 aromatic rings. The van der Waals surface area contributed by atoms with Crippen molar-refractivity contribution in [2.75, 3.05) is 0 Å². The van der Waals surface area contributed by atoms with E-state index in [2.05, 4.69) is 25.4 Å². The molecule has 0 aliphatic rings. The van der Waals surface area contributed by atoms with E-state index in [1.165, 1.54) is 11.1 Å². The fourth-order valence-electron chi connectivity index (χ4n) is 0. The summed E-state index contributed by atoms with van der Waals surface area (Å²) in [5, 5.41) is 7.36. The Bertz CT molecular complexity index is 122. The topological polar surface area (TPSA) is 23.9 Å². The van der Waals surface area contributed by atoms with Crippen molar-refractivity contribution < 1.29 is 0 Å². The van der Waals surface area contributed by atoms with Crippen LogP contribution in [0.1, 0.15) is 27.7 Å². The largest absolute Gasteiger partial charge is 0.248 e. The summed E-state index contributed by atoms with van der Waals surface area (Å²) in [6.07, 6.45) is 0. The van der Waals surface area contributed by atoms with Gasteiger partial charge >= 0.3 is 0 Å². The van der Waals surface area contributed by atoms with Gasteiger partial charge < -0.3 is 0 Å². The number of hydrogen-bond donors (Lipinski definition) is 1. The zero-order chi connectivity index (χ0) is 9.86. The van der Waals surface area contributed by atoms with Crippen LogP contribution in [0.4, 0.5) is 0 Å². The summed E-state index contributed by atoms with van der Waals surface area (Å²) in [4.78, 5) is 0. The molecule has 0 heterocycles. The van der Waals surface area contributed by atoms with Gasteiger partial charge in [-0.05, 0) is 39.9 Å². The van der Waals surface area contributed by atoms with Crippen LogP contribution < -0.4 is 0 Å². The van der Waals surface area contributed by atoms with Crippen LogP contribution in [0.3, 0.4) is 0 Å². The SMILES string of the molecule is C=C(C)C.C=C(C)C.N=C=S. The highest BCUT2D eigenvalue weighted by atomic mass is 32.1. The molecule has 0 amide bonds. The Labute approximate surface area is 75.3 Å². The molecule has 0 aromatic heterocycles. The number of isothiocyanates is 1. The van der Waals surface area contributed by atoms with E-state index in [1.54, 1.807) is 5.16 Å². The minimum atomic E-state index is 1.17. The molecule has 0 saturated heterocycles. The molecule has 1 N–H and O–H groups in total. The van der Waals surface area contributed by atoms with Crippen LogP contribution in [-0.4, -0.2) is 5.16 Å². The van der Waals surface area contributed by atoms with E-state index in [9.17, 15) is 0 Å². The summed E-state index contributed by atoms with van der Waals surface area (Å²) in [5.74, 6) is 0. The standard InChI is InChI=1S/2C4H8.CHNS/c2*1-4(2)3;2-1-3/h2*1H2,2-3H3;2H. The van der Waals surface area contributed by atoms with Crippen LogP contribution in [0.25, 0.3) is 0 Å². The lowest BCUT2D eigenvalue weighted by molar-refractivity contribution is 1.42. The molecule has 0 aliphatic heterocycles. The third-order valence-electron chi connectivity index (χ3n) is 0. The second-order valence-electron chi connectivity index (χ2n) is 2.52. The van der Waals surface area contributed by atoms with Crippen LogP contribution >= 0.6 is 12.2 Å². The molecule has 0 spiro atoms. The van der Waals surface area contributed by atoms with Gasteiger partial charge in [0.05, 0.1) is 5.16 Å². The van der Waals surface area contributed by atoms with Gasteiger partial charge in [0.15, 0.2) is 0 Å². The van der Waals surface area contributed by atoms with E-state index in [4.69, 9.17) is 5.41 Å². The quantitative estimate of drug-likeness (QED) is 0.334. The predicted octanol–water partition coefficient (Wildman–Crippen LogP) is 3.83. The fraction of sp³-hybridized carbons (Fsp3) is 0.444. The number of allylic oxidation sites excluding steroid dienone is 2. The number of nitrogens with one attached hydrogen (secondary N) is 1. The van der Waals surface area contributed by atoms with Gasteiger partial charge in [-0.3, -0.25) is 0 Å².